The summed E-state index contributed by atoms with van der Waals surface area (Å²) in [7, 11) is 0. The lowest BCUT2D eigenvalue weighted by atomic mass is 10.2. The van der Waals surface area contributed by atoms with Crippen molar-refractivity contribution in [1.82, 2.24) is 4.98 Å². The normalized spacial score (nSPS) is 14.6. The first-order chi connectivity index (χ1) is 9.83. The third-order valence-corrected chi connectivity index (χ3v) is 3.90. The van der Waals surface area contributed by atoms with Gasteiger partial charge in [0.25, 0.3) is 0 Å². The molecular formula is C17H21N3. The van der Waals surface area contributed by atoms with Crippen molar-refractivity contribution in [1.29, 1.82) is 0 Å². The zero-order valence-electron chi connectivity index (χ0n) is 12.0. The minimum atomic E-state index is 0.840. The van der Waals surface area contributed by atoms with E-state index in [1.54, 1.807) is 0 Å². The van der Waals surface area contributed by atoms with Crippen LogP contribution in [0.3, 0.4) is 0 Å². The molecule has 0 unspecified atom stereocenters. The highest BCUT2D eigenvalue weighted by Crippen LogP contribution is 2.21. The number of aromatic nitrogens is 1. The monoisotopic (exact) mass is 267 g/mol. The van der Waals surface area contributed by atoms with Gasteiger partial charge in [-0.2, -0.15) is 0 Å². The maximum Gasteiger partial charge on any atom is 0.0603 e. The second kappa shape index (κ2) is 5.95. The predicted octanol–water partition coefficient (Wildman–Crippen LogP) is 3.60. The van der Waals surface area contributed by atoms with Crippen LogP contribution in [-0.2, 0) is 6.54 Å². The van der Waals surface area contributed by atoms with Crippen molar-refractivity contribution in [3.05, 3.63) is 53.9 Å². The molecule has 1 saturated heterocycles. The van der Waals surface area contributed by atoms with Crippen LogP contribution in [0, 0.1) is 6.92 Å². The zero-order chi connectivity index (χ0) is 13.8. The third kappa shape index (κ3) is 2.93. The average molecular weight is 267 g/mol. The molecule has 0 aliphatic carbocycles. The highest BCUT2D eigenvalue weighted by atomic mass is 15.1. The molecule has 3 rings (SSSR count). The quantitative estimate of drug-likeness (QED) is 0.917. The molecule has 0 atom stereocenters. The zero-order valence-corrected chi connectivity index (χ0v) is 12.0. The lowest BCUT2D eigenvalue weighted by Gasteiger charge is -2.18. The van der Waals surface area contributed by atoms with Crippen LogP contribution < -0.4 is 10.2 Å². The van der Waals surface area contributed by atoms with Crippen LogP contribution in [0.2, 0.25) is 0 Å². The molecule has 1 aliphatic rings. The highest BCUT2D eigenvalue weighted by molar-refractivity contribution is 5.50. The molecule has 20 heavy (non-hydrogen) atoms. The van der Waals surface area contributed by atoms with E-state index in [1.807, 2.05) is 19.2 Å². The molecular weight excluding hydrogens is 246 g/mol. The van der Waals surface area contributed by atoms with Crippen LogP contribution in [0.25, 0.3) is 0 Å². The van der Waals surface area contributed by atoms with E-state index >= 15 is 0 Å². The van der Waals surface area contributed by atoms with Crippen molar-refractivity contribution in [3.63, 3.8) is 0 Å². The van der Waals surface area contributed by atoms with Crippen molar-refractivity contribution >= 4 is 11.4 Å². The van der Waals surface area contributed by atoms with Gasteiger partial charge in [0.05, 0.1) is 11.4 Å². The van der Waals surface area contributed by atoms with Gasteiger partial charge >= 0.3 is 0 Å². The molecule has 3 heteroatoms. The molecule has 1 N–H and O–H groups in total. The van der Waals surface area contributed by atoms with Crippen LogP contribution >= 0.6 is 0 Å². The summed E-state index contributed by atoms with van der Waals surface area (Å²) in [5, 5.41) is 3.44. The van der Waals surface area contributed by atoms with E-state index in [0.29, 0.717) is 0 Å². The van der Waals surface area contributed by atoms with Gasteiger partial charge in [-0.15, -0.1) is 0 Å². The highest BCUT2D eigenvalue weighted by Gasteiger charge is 2.11. The largest absolute Gasteiger partial charge is 0.380 e. The summed E-state index contributed by atoms with van der Waals surface area (Å²) in [5.41, 5.74) is 4.80. The molecule has 0 saturated carbocycles. The molecule has 0 bridgehead atoms. The van der Waals surface area contributed by atoms with Crippen LogP contribution in [0.15, 0.2) is 42.6 Å². The predicted molar refractivity (Wildman–Crippen MR) is 84.2 cm³/mol. The Bertz CT molecular complexity index is 557. The van der Waals surface area contributed by atoms with Gasteiger partial charge < -0.3 is 10.2 Å². The fraction of sp³-hybridized carbons (Fsp3) is 0.353. The van der Waals surface area contributed by atoms with Gasteiger partial charge in [0.2, 0.25) is 0 Å². The van der Waals surface area contributed by atoms with Gasteiger partial charge in [-0.05, 0) is 49.6 Å². The maximum atomic E-state index is 4.29. The molecule has 0 radical (unpaired) electrons. The maximum absolute atomic E-state index is 4.29. The second-order valence-electron chi connectivity index (χ2n) is 5.35. The molecule has 1 aliphatic heterocycles. The fourth-order valence-corrected chi connectivity index (χ4v) is 2.67. The number of pyridine rings is 1. The topological polar surface area (TPSA) is 28.2 Å². The van der Waals surface area contributed by atoms with E-state index in [1.165, 1.54) is 37.2 Å². The first-order valence-electron chi connectivity index (χ1n) is 7.32. The van der Waals surface area contributed by atoms with Gasteiger partial charge in [0.1, 0.15) is 0 Å². The van der Waals surface area contributed by atoms with Gasteiger partial charge in [-0.25, -0.2) is 0 Å². The van der Waals surface area contributed by atoms with E-state index in [4.69, 9.17) is 0 Å². The summed E-state index contributed by atoms with van der Waals surface area (Å²) in [6, 6.07) is 12.9. The van der Waals surface area contributed by atoms with E-state index in [0.717, 1.165) is 17.9 Å². The molecule has 1 fully saturated rings. The molecule has 1 aromatic carbocycles. The molecule has 2 heterocycles. The number of hydrogen-bond donors (Lipinski definition) is 1. The van der Waals surface area contributed by atoms with Crippen molar-refractivity contribution in [3.8, 4) is 0 Å². The molecule has 0 spiro atoms. The average Bonchev–Trinajstić information content (AvgIpc) is 3.01. The molecule has 0 amide bonds. The van der Waals surface area contributed by atoms with Crippen molar-refractivity contribution in [2.24, 2.45) is 0 Å². The number of benzene rings is 1. The summed E-state index contributed by atoms with van der Waals surface area (Å²) in [4.78, 5) is 6.75. The first-order valence-corrected chi connectivity index (χ1v) is 7.32. The van der Waals surface area contributed by atoms with Crippen LogP contribution in [-0.4, -0.2) is 18.1 Å². The van der Waals surface area contributed by atoms with Gasteiger partial charge in [-0.1, -0.05) is 12.1 Å². The van der Waals surface area contributed by atoms with Crippen molar-refractivity contribution < 1.29 is 0 Å². The summed E-state index contributed by atoms with van der Waals surface area (Å²) in [5.74, 6) is 0. The van der Waals surface area contributed by atoms with E-state index in [2.05, 4.69) is 45.5 Å². The Balaban J connectivity index is 1.62. The van der Waals surface area contributed by atoms with Crippen LogP contribution in [0.5, 0.6) is 0 Å². The molecule has 3 nitrogen and oxygen atoms in total. The summed E-state index contributed by atoms with van der Waals surface area (Å²) < 4.78 is 0. The minimum Gasteiger partial charge on any atom is -0.380 e. The Labute approximate surface area is 120 Å². The number of nitrogens with zero attached hydrogens (tertiary/aromatic N) is 2. The number of nitrogens with one attached hydrogen (secondary N) is 1. The fourth-order valence-electron chi connectivity index (χ4n) is 2.67. The van der Waals surface area contributed by atoms with Crippen LogP contribution in [0.1, 0.15) is 24.1 Å². The Hall–Kier alpha value is -2.03. The molecule has 2 aromatic rings. The lowest BCUT2D eigenvalue weighted by Crippen LogP contribution is -2.17. The molecule has 1 aromatic heterocycles. The van der Waals surface area contributed by atoms with Gasteiger partial charge in [0, 0.05) is 31.5 Å². The lowest BCUT2D eigenvalue weighted by molar-refractivity contribution is 0.949. The third-order valence-electron chi connectivity index (χ3n) is 3.90. The Morgan fingerprint density at radius 2 is 1.85 bits per heavy atom. The summed E-state index contributed by atoms with van der Waals surface area (Å²) in [6.07, 6.45) is 4.47. The number of anilines is 2. The van der Waals surface area contributed by atoms with E-state index in [-0.39, 0.29) is 0 Å². The second-order valence-corrected chi connectivity index (χ2v) is 5.35. The Morgan fingerprint density at radius 1 is 1.10 bits per heavy atom. The number of hydrogen-bond acceptors (Lipinski definition) is 3. The SMILES string of the molecule is Cc1ncccc1NCc1ccc(N2CCCC2)cc1. The number of aryl methyl sites for hydroxylation is 1. The standard InChI is InChI=1S/C17H21N3/c1-14-17(5-4-10-18-14)19-13-15-6-8-16(9-7-15)20-11-2-3-12-20/h4-10,19H,2-3,11-13H2,1H3. The summed E-state index contributed by atoms with van der Waals surface area (Å²) >= 11 is 0. The first kappa shape index (κ1) is 13.0. The minimum absolute atomic E-state index is 0.840. The van der Waals surface area contributed by atoms with E-state index in [9.17, 15) is 0 Å². The number of rotatable bonds is 4. The van der Waals surface area contributed by atoms with Gasteiger partial charge in [0.15, 0.2) is 0 Å². The van der Waals surface area contributed by atoms with Crippen molar-refractivity contribution in [2.75, 3.05) is 23.3 Å². The molecule has 104 valence electrons. The Morgan fingerprint density at radius 3 is 2.55 bits per heavy atom. The Kier molecular flexibility index (Phi) is 3.86. The van der Waals surface area contributed by atoms with Crippen molar-refractivity contribution in [2.45, 2.75) is 26.3 Å². The van der Waals surface area contributed by atoms with Crippen LogP contribution in [0.4, 0.5) is 11.4 Å². The van der Waals surface area contributed by atoms with Gasteiger partial charge in [-0.3, -0.25) is 4.98 Å². The summed E-state index contributed by atoms with van der Waals surface area (Å²) in [6.45, 7) is 5.27. The smallest absolute Gasteiger partial charge is 0.0603 e. The van der Waals surface area contributed by atoms with E-state index < -0.39 is 0 Å².